The number of pyridine rings is 1. The van der Waals surface area contributed by atoms with Crippen LogP contribution < -0.4 is 4.74 Å². The van der Waals surface area contributed by atoms with Gasteiger partial charge in [0.05, 0.1) is 23.6 Å². The molecule has 1 atom stereocenters. The summed E-state index contributed by atoms with van der Waals surface area (Å²) < 4.78 is 17.7. The Bertz CT molecular complexity index is 1080. The number of fused-ring (bicyclic) bond motifs is 1. The molecular formula is C30H46N4O4. The number of nitrogens with zero attached hydrogens (tertiary/aromatic N) is 4. The molecule has 0 radical (unpaired) electrons. The number of hydrogen-bond donors (Lipinski definition) is 1. The van der Waals surface area contributed by atoms with Crippen molar-refractivity contribution in [1.82, 2.24) is 19.9 Å². The van der Waals surface area contributed by atoms with E-state index in [2.05, 4.69) is 32.6 Å². The molecule has 1 aliphatic carbocycles. The van der Waals surface area contributed by atoms with Crippen LogP contribution in [0.4, 0.5) is 0 Å². The second-order valence-electron chi connectivity index (χ2n) is 12.9. The van der Waals surface area contributed by atoms with E-state index in [0.29, 0.717) is 17.7 Å². The van der Waals surface area contributed by atoms with Crippen molar-refractivity contribution in [3.63, 3.8) is 0 Å². The zero-order chi connectivity index (χ0) is 26.9. The number of hydrogen-bond acceptors (Lipinski definition) is 8. The fourth-order valence-corrected chi connectivity index (χ4v) is 7.19. The lowest BCUT2D eigenvalue weighted by molar-refractivity contribution is -0.0815. The summed E-state index contributed by atoms with van der Waals surface area (Å²) in [5.41, 5.74) is 2.07. The van der Waals surface area contributed by atoms with Gasteiger partial charge in [0.2, 0.25) is 5.88 Å². The molecule has 1 saturated carbocycles. The van der Waals surface area contributed by atoms with Gasteiger partial charge in [-0.15, -0.1) is 0 Å². The molecule has 0 bridgehead atoms. The number of rotatable bonds is 8. The van der Waals surface area contributed by atoms with Crippen molar-refractivity contribution in [3.8, 4) is 5.88 Å². The van der Waals surface area contributed by atoms with E-state index in [4.69, 9.17) is 29.2 Å². The Morgan fingerprint density at radius 3 is 2.42 bits per heavy atom. The molecule has 1 N–H and O–H groups in total. The predicted octanol–water partition coefficient (Wildman–Crippen LogP) is 4.67. The monoisotopic (exact) mass is 526 g/mol. The highest BCUT2D eigenvalue weighted by Gasteiger charge is 2.46. The standard InChI is InChI=1S/C30H46N4O4/c1-29(2)15-23(16-30(3,4)34(29)11-13-36-5)38-28-25-18-31-26(14-20-10-12-37-19-20)33-27(25)24(17-32-28)21-6-8-22(35)9-7-21/h17-18,20-23,35H,6-16,19H2,1-5H3/t20-,21?,22?/m0/s1. The van der Waals surface area contributed by atoms with Gasteiger partial charge in [-0.25, -0.2) is 15.0 Å². The van der Waals surface area contributed by atoms with Gasteiger partial charge in [0.1, 0.15) is 11.9 Å². The minimum atomic E-state index is -0.193. The molecule has 8 heteroatoms. The molecule has 4 heterocycles. The molecule has 38 heavy (non-hydrogen) atoms. The first-order valence-electron chi connectivity index (χ1n) is 14.5. The molecular weight excluding hydrogens is 480 g/mol. The third-order valence-corrected chi connectivity index (χ3v) is 9.01. The van der Waals surface area contributed by atoms with Crippen LogP contribution >= 0.6 is 0 Å². The van der Waals surface area contributed by atoms with Crippen molar-refractivity contribution < 1.29 is 19.3 Å². The second kappa shape index (κ2) is 11.3. The van der Waals surface area contributed by atoms with Crippen molar-refractivity contribution >= 4 is 10.9 Å². The first-order chi connectivity index (χ1) is 18.2. The maximum Gasteiger partial charge on any atom is 0.224 e. The number of methoxy groups -OCH3 is 1. The van der Waals surface area contributed by atoms with Gasteiger partial charge in [-0.1, -0.05) is 0 Å². The molecule has 2 aliphatic heterocycles. The van der Waals surface area contributed by atoms with Crippen LogP contribution in [-0.2, 0) is 15.9 Å². The van der Waals surface area contributed by atoms with Gasteiger partial charge in [0.15, 0.2) is 0 Å². The summed E-state index contributed by atoms with van der Waals surface area (Å²) in [5.74, 6) is 2.33. The van der Waals surface area contributed by atoms with E-state index in [1.165, 1.54) is 5.56 Å². The van der Waals surface area contributed by atoms with Crippen molar-refractivity contribution in [3.05, 3.63) is 23.8 Å². The van der Waals surface area contributed by atoms with Crippen LogP contribution in [0, 0.1) is 5.92 Å². The van der Waals surface area contributed by atoms with Crippen LogP contribution in [0.1, 0.15) is 89.9 Å². The molecule has 210 valence electrons. The lowest BCUT2D eigenvalue weighted by Crippen LogP contribution is -2.63. The molecule has 0 unspecified atom stereocenters. The van der Waals surface area contributed by atoms with Crippen molar-refractivity contribution in [2.75, 3.05) is 33.5 Å². The zero-order valence-corrected chi connectivity index (χ0v) is 23.9. The fraction of sp³-hybridized carbons (Fsp3) is 0.767. The van der Waals surface area contributed by atoms with Gasteiger partial charge in [0.25, 0.3) is 0 Å². The summed E-state index contributed by atoms with van der Waals surface area (Å²) in [7, 11) is 1.76. The highest BCUT2D eigenvalue weighted by Crippen LogP contribution is 2.42. The van der Waals surface area contributed by atoms with Gasteiger partial charge >= 0.3 is 0 Å². The minimum absolute atomic E-state index is 0.0311. The van der Waals surface area contributed by atoms with Crippen LogP contribution in [-0.4, -0.2) is 81.7 Å². The number of aliphatic hydroxyl groups is 1. The normalized spacial score (nSPS) is 28.1. The van der Waals surface area contributed by atoms with Crippen LogP contribution in [0.5, 0.6) is 5.88 Å². The van der Waals surface area contributed by atoms with Crippen LogP contribution in [0.15, 0.2) is 12.4 Å². The lowest BCUT2D eigenvalue weighted by atomic mass is 9.78. The van der Waals surface area contributed by atoms with Gasteiger partial charge in [-0.05, 0) is 71.6 Å². The molecule has 0 spiro atoms. The topological polar surface area (TPSA) is 89.8 Å². The second-order valence-corrected chi connectivity index (χ2v) is 12.9. The Balaban J connectivity index is 1.44. The Morgan fingerprint density at radius 1 is 1.03 bits per heavy atom. The number of aromatic nitrogens is 3. The maximum atomic E-state index is 10.1. The molecule has 2 aromatic heterocycles. The fourth-order valence-electron chi connectivity index (χ4n) is 7.19. The summed E-state index contributed by atoms with van der Waals surface area (Å²) >= 11 is 0. The molecule has 2 aromatic rings. The summed E-state index contributed by atoms with van der Waals surface area (Å²) in [4.78, 5) is 17.3. The Morgan fingerprint density at radius 2 is 1.76 bits per heavy atom. The van der Waals surface area contributed by atoms with E-state index in [1.54, 1.807) is 7.11 Å². The molecule has 0 amide bonds. The van der Waals surface area contributed by atoms with E-state index in [9.17, 15) is 5.11 Å². The summed E-state index contributed by atoms with van der Waals surface area (Å²) in [6, 6.07) is 0. The number of piperidine rings is 1. The molecule has 0 aromatic carbocycles. The molecule has 2 saturated heterocycles. The first kappa shape index (κ1) is 27.7. The highest BCUT2D eigenvalue weighted by atomic mass is 16.5. The van der Waals surface area contributed by atoms with Crippen molar-refractivity contribution in [1.29, 1.82) is 0 Å². The third kappa shape index (κ3) is 5.98. The van der Waals surface area contributed by atoms with Gasteiger partial charge in [-0.2, -0.15) is 0 Å². The van der Waals surface area contributed by atoms with Crippen LogP contribution in [0.25, 0.3) is 10.9 Å². The molecule has 8 nitrogen and oxygen atoms in total. The van der Waals surface area contributed by atoms with Gasteiger partial charge in [-0.3, -0.25) is 4.90 Å². The van der Waals surface area contributed by atoms with Gasteiger partial charge < -0.3 is 19.3 Å². The number of ether oxygens (including phenoxy) is 3. The van der Waals surface area contributed by atoms with E-state index in [1.807, 2.05) is 12.4 Å². The highest BCUT2D eigenvalue weighted by molar-refractivity contribution is 5.85. The molecule has 5 rings (SSSR count). The SMILES string of the molecule is COCCN1C(C)(C)CC(Oc2ncc(C3CCC(O)CC3)c3nc(C[C@@H]4CCOC4)ncc23)CC1(C)C. The van der Waals surface area contributed by atoms with E-state index in [0.717, 1.165) is 94.5 Å². The minimum Gasteiger partial charge on any atom is -0.474 e. The Kier molecular flexibility index (Phi) is 8.25. The predicted molar refractivity (Wildman–Crippen MR) is 148 cm³/mol. The van der Waals surface area contributed by atoms with Crippen LogP contribution in [0.3, 0.4) is 0 Å². The maximum absolute atomic E-state index is 10.1. The largest absolute Gasteiger partial charge is 0.474 e. The van der Waals surface area contributed by atoms with Crippen molar-refractivity contribution in [2.45, 2.75) is 108 Å². The summed E-state index contributed by atoms with van der Waals surface area (Å²) in [6.07, 6.45) is 11.0. The Labute approximate surface area is 227 Å². The molecule has 3 aliphatic rings. The molecule has 3 fully saturated rings. The van der Waals surface area contributed by atoms with Crippen molar-refractivity contribution in [2.24, 2.45) is 5.92 Å². The van der Waals surface area contributed by atoms with Crippen LogP contribution in [0.2, 0.25) is 0 Å². The number of aliphatic hydroxyl groups excluding tert-OH is 1. The average Bonchev–Trinajstić information content (AvgIpc) is 3.36. The van der Waals surface area contributed by atoms with E-state index < -0.39 is 0 Å². The average molecular weight is 527 g/mol. The first-order valence-corrected chi connectivity index (χ1v) is 14.5. The number of likely N-dealkylation sites (tertiary alicyclic amines) is 1. The quantitative estimate of drug-likeness (QED) is 0.531. The summed E-state index contributed by atoms with van der Waals surface area (Å²) in [5, 5.41) is 11.0. The lowest BCUT2D eigenvalue weighted by Gasteiger charge is -2.55. The summed E-state index contributed by atoms with van der Waals surface area (Å²) in [6.45, 7) is 12.4. The zero-order valence-electron chi connectivity index (χ0n) is 23.9. The van der Waals surface area contributed by atoms with E-state index >= 15 is 0 Å². The van der Waals surface area contributed by atoms with E-state index in [-0.39, 0.29) is 23.3 Å². The smallest absolute Gasteiger partial charge is 0.224 e. The van der Waals surface area contributed by atoms with Gasteiger partial charge in [0, 0.05) is 75.2 Å². The third-order valence-electron chi connectivity index (χ3n) is 9.01. The Hall–Kier alpha value is -1.87.